The van der Waals surface area contributed by atoms with Gasteiger partial charge in [-0.25, -0.2) is 0 Å². The quantitative estimate of drug-likeness (QED) is 0.514. The molecule has 1 aromatic rings. The summed E-state index contributed by atoms with van der Waals surface area (Å²) in [6, 6.07) is 5.67. The van der Waals surface area contributed by atoms with Crippen molar-refractivity contribution in [3.05, 3.63) is 51.2 Å². The molecular weight excluding hydrogens is 443 g/mol. The zero-order chi connectivity index (χ0) is 18.9. The fourth-order valence-corrected chi connectivity index (χ4v) is 2.74. The first-order chi connectivity index (χ1) is 12.5. The Bertz CT molecular complexity index is 733. The van der Waals surface area contributed by atoms with Gasteiger partial charge in [-0.05, 0) is 42.5 Å². The topological polar surface area (TPSA) is 117 Å². The van der Waals surface area contributed by atoms with Gasteiger partial charge in [0.2, 0.25) is 0 Å². The number of nitriles is 1. The van der Waals surface area contributed by atoms with Gasteiger partial charge in [0.05, 0.1) is 16.3 Å². The van der Waals surface area contributed by atoms with Gasteiger partial charge < -0.3 is 16.3 Å². The van der Waals surface area contributed by atoms with E-state index in [-0.39, 0.29) is 32.7 Å². The molecular formula is C18H21ClN5O2Y-. The van der Waals surface area contributed by atoms with Crippen molar-refractivity contribution in [2.45, 2.75) is 19.3 Å². The van der Waals surface area contributed by atoms with E-state index in [1.54, 1.807) is 12.1 Å². The third-order valence-electron chi connectivity index (χ3n) is 4.17. The van der Waals surface area contributed by atoms with Crippen molar-refractivity contribution < 1.29 is 42.7 Å². The molecule has 2 aliphatic rings. The molecule has 1 saturated heterocycles. The largest absolute Gasteiger partial charge is 0.658 e. The van der Waals surface area contributed by atoms with Crippen LogP contribution in [0.4, 0.5) is 0 Å². The number of carbonyl (C=O) groups excluding carboxylic acids is 1. The number of halogens is 1. The van der Waals surface area contributed by atoms with E-state index < -0.39 is 0 Å². The third kappa shape index (κ3) is 7.42. The van der Waals surface area contributed by atoms with Gasteiger partial charge in [0.25, 0.3) is 0 Å². The van der Waals surface area contributed by atoms with Gasteiger partial charge in [-0.15, -0.1) is 13.1 Å². The Morgan fingerprint density at radius 3 is 2.56 bits per heavy atom. The number of carbonyl (C=O) groups is 1. The summed E-state index contributed by atoms with van der Waals surface area (Å²) >= 11 is 5.76. The fourth-order valence-electron chi connectivity index (χ4n) is 2.63. The Balaban J connectivity index is 0.000000310. The molecule has 9 heteroatoms. The second-order valence-electron chi connectivity index (χ2n) is 5.93. The maximum absolute atomic E-state index is 10.2. The molecule has 0 atom stereocenters. The molecule has 2 aliphatic heterocycles. The number of allylic oxidation sites excluding steroid dienone is 1. The van der Waals surface area contributed by atoms with Crippen molar-refractivity contribution in [1.82, 2.24) is 10.0 Å². The fraction of sp³-hybridized carbons (Fsp3) is 0.389. The summed E-state index contributed by atoms with van der Waals surface area (Å²) in [5.41, 5.74) is 9.15. The zero-order valence-corrected chi connectivity index (χ0v) is 18.5. The standard InChI is InChI=1S/C12H12ClN3O.C6H9N2O.Y/c13-10-1-2-12(15-8-10)11(7-14)9-3-5-16(17)6-4-9;7-6-1-2-8-3-5(6)4-9;/h1-2,8,17H,3-6H2;4H,1-3,7H2;/q;-1;. The number of aromatic nitrogens is 1. The van der Waals surface area contributed by atoms with E-state index in [9.17, 15) is 15.3 Å². The molecule has 0 bridgehead atoms. The first-order valence-corrected chi connectivity index (χ1v) is 8.66. The summed E-state index contributed by atoms with van der Waals surface area (Å²) in [5.74, 6) is 0. The summed E-state index contributed by atoms with van der Waals surface area (Å²) in [4.78, 5) is 14.3. The number of rotatable bonds is 2. The number of nitrogens with two attached hydrogens (primary N) is 1. The van der Waals surface area contributed by atoms with Crippen LogP contribution in [0.5, 0.6) is 0 Å². The van der Waals surface area contributed by atoms with Gasteiger partial charge in [-0.1, -0.05) is 11.6 Å². The number of pyridine rings is 1. The molecule has 0 aliphatic carbocycles. The minimum absolute atomic E-state index is 0. The van der Waals surface area contributed by atoms with E-state index in [1.807, 2.05) is 0 Å². The van der Waals surface area contributed by atoms with Crippen LogP contribution in [0, 0.1) is 11.3 Å². The monoisotopic (exact) mass is 463 g/mol. The molecule has 3 rings (SSSR count). The summed E-state index contributed by atoms with van der Waals surface area (Å²) in [7, 11) is 0. The van der Waals surface area contributed by atoms with Crippen LogP contribution in [0.25, 0.3) is 10.9 Å². The predicted octanol–water partition coefficient (Wildman–Crippen LogP) is 2.67. The molecule has 7 nitrogen and oxygen atoms in total. The molecule has 1 radical (unpaired) electrons. The average molecular weight is 464 g/mol. The van der Waals surface area contributed by atoms with Crippen LogP contribution < -0.4 is 5.73 Å². The molecule has 0 amide bonds. The minimum atomic E-state index is 0. The van der Waals surface area contributed by atoms with Crippen LogP contribution in [0.1, 0.15) is 25.0 Å². The zero-order valence-electron chi connectivity index (χ0n) is 14.9. The Morgan fingerprint density at radius 1 is 1.37 bits per heavy atom. The smallest absolute Gasteiger partial charge is 0.145 e. The number of hydrogen-bond donors (Lipinski definition) is 2. The number of aldehydes is 1. The van der Waals surface area contributed by atoms with E-state index in [4.69, 9.17) is 17.3 Å². The van der Waals surface area contributed by atoms with E-state index >= 15 is 0 Å². The van der Waals surface area contributed by atoms with Crippen LogP contribution in [-0.2, 0) is 37.5 Å². The van der Waals surface area contributed by atoms with Crippen LogP contribution >= 0.6 is 11.6 Å². The van der Waals surface area contributed by atoms with Crippen LogP contribution in [-0.4, -0.2) is 47.7 Å². The summed E-state index contributed by atoms with van der Waals surface area (Å²) in [6.07, 6.45) is 4.47. The van der Waals surface area contributed by atoms with Gasteiger partial charge in [0.1, 0.15) is 12.4 Å². The molecule has 1 fully saturated rings. The number of hydroxylamine groups is 2. The molecule has 0 unspecified atom stereocenters. The number of hydrogen-bond acceptors (Lipinski definition) is 6. The summed E-state index contributed by atoms with van der Waals surface area (Å²) < 4.78 is 0. The summed E-state index contributed by atoms with van der Waals surface area (Å²) in [6.45, 7) is 2.40. The van der Waals surface area contributed by atoms with Crippen LogP contribution in [0.3, 0.4) is 0 Å². The predicted molar refractivity (Wildman–Crippen MR) is 99.4 cm³/mol. The van der Waals surface area contributed by atoms with Gasteiger partial charge in [-0.2, -0.15) is 10.3 Å². The number of piperidine rings is 1. The second kappa shape index (κ2) is 12.3. The van der Waals surface area contributed by atoms with E-state index in [0.717, 1.165) is 24.8 Å². The van der Waals surface area contributed by atoms with Crippen molar-refractivity contribution in [3.8, 4) is 6.07 Å². The normalized spacial score (nSPS) is 17.1. The molecule has 27 heavy (non-hydrogen) atoms. The van der Waals surface area contributed by atoms with Crippen molar-refractivity contribution in [2.75, 3.05) is 26.2 Å². The molecule has 0 aromatic carbocycles. The van der Waals surface area contributed by atoms with E-state index in [1.165, 1.54) is 11.3 Å². The SMILES string of the molecule is N#CC(=C1CCN(O)CC1)c1ccc(Cl)cn1.NC1=C(C=O)C[N-]CC1.[Y]. The molecule has 3 N–H and O–H groups in total. The third-order valence-corrected chi connectivity index (χ3v) is 4.39. The van der Waals surface area contributed by atoms with Crippen molar-refractivity contribution >= 4 is 23.5 Å². The van der Waals surface area contributed by atoms with Gasteiger partial charge in [0.15, 0.2) is 0 Å². The molecule has 141 valence electrons. The first kappa shape index (κ1) is 23.9. The van der Waals surface area contributed by atoms with Gasteiger partial charge >= 0.3 is 0 Å². The molecule has 3 heterocycles. The minimum Gasteiger partial charge on any atom is -0.658 e. The van der Waals surface area contributed by atoms with E-state index in [2.05, 4.69) is 16.4 Å². The Kier molecular flexibility index (Phi) is 10.9. The Labute approximate surface area is 189 Å². The number of nitrogens with zero attached hydrogens (tertiary/aromatic N) is 4. The molecule has 0 spiro atoms. The van der Waals surface area contributed by atoms with E-state index in [0.29, 0.717) is 60.0 Å². The summed E-state index contributed by atoms with van der Waals surface area (Å²) in [5, 5.41) is 24.3. The second-order valence-corrected chi connectivity index (χ2v) is 6.37. The maximum Gasteiger partial charge on any atom is 0.145 e. The van der Waals surface area contributed by atoms with Gasteiger partial charge in [-0.3, -0.25) is 9.78 Å². The molecule has 0 saturated carbocycles. The average Bonchev–Trinajstić information content (AvgIpc) is 2.66. The van der Waals surface area contributed by atoms with Crippen LogP contribution in [0.15, 0.2) is 35.2 Å². The van der Waals surface area contributed by atoms with Crippen molar-refractivity contribution in [3.63, 3.8) is 0 Å². The van der Waals surface area contributed by atoms with Gasteiger partial charge in [0, 0.05) is 57.7 Å². The Hall–Kier alpha value is -1.14. The molecule has 1 aromatic heterocycles. The maximum atomic E-state index is 10.2. The van der Waals surface area contributed by atoms with Crippen LogP contribution in [0.2, 0.25) is 5.02 Å². The first-order valence-electron chi connectivity index (χ1n) is 8.29. The Morgan fingerprint density at radius 2 is 2.07 bits per heavy atom. The van der Waals surface area contributed by atoms with Crippen molar-refractivity contribution in [1.29, 1.82) is 5.26 Å². The van der Waals surface area contributed by atoms with Crippen molar-refractivity contribution in [2.24, 2.45) is 5.73 Å².